The van der Waals surface area contributed by atoms with Crippen LogP contribution in [0.5, 0.6) is 0 Å². The molecule has 0 spiro atoms. The molecule has 0 amide bonds. The number of anilines is 1. The van der Waals surface area contributed by atoms with Crippen molar-refractivity contribution in [1.82, 2.24) is 10.3 Å². The fourth-order valence-corrected chi connectivity index (χ4v) is 2.78. The van der Waals surface area contributed by atoms with E-state index in [1.165, 1.54) is 19.0 Å². The normalized spacial score (nSPS) is 18.2. The molecule has 21 heavy (non-hydrogen) atoms. The Labute approximate surface area is 125 Å². The molecule has 0 aromatic carbocycles. The maximum absolute atomic E-state index is 10.9. The molecule has 0 aliphatic carbocycles. The van der Waals surface area contributed by atoms with Gasteiger partial charge in [-0.3, -0.25) is 10.1 Å². The average molecular weight is 292 g/mol. The first kappa shape index (κ1) is 15.7. The molecule has 2 heterocycles. The second kappa shape index (κ2) is 6.85. The number of aryl methyl sites for hydroxylation is 1. The molecule has 0 saturated carbocycles. The van der Waals surface area contributed by atoms with E-state index in [1.54, 1.807) is 6.92 Å². The van der Waals surface area contributed by atoms with Gasteiger partial charge in [0.25, 0.3) is 5.69 Å². The van der Waals surface area contributed by atoms with Gasteiger partial charge in [-0.1, -0.05) is 13.8 Å². The minimum atomic E-state index is -0.378. The lowest BCUT2D eigenvalue weighted by Crippen LogP contribution is -2.39. The van der Waals surface area contributed by atoms with Crippen molar-refractivity contribution < 1.29 is 4.92 Å². The highest BCUT2D eigenvalue weighted by Crippen LogP contribution is 2.23. The molecule has 1 aliphatic heterocycles. The van der Waals surface area contributed by atoms with Crippen LogP contribution in [0, 0.1) is 23.0 Å². The third-order valence-corrected chi connectivity index (χ3v) is 3.78. The number of nitro groups is 1. The highest BCUT2D eigenvalue weighted by Gasteiger charge is 2.21. The minimum absolute atomic E-state index is 0.0854. The minimum Gasteiger partial charge on any atom is -0.355 e. The van der Waals surface area contributed by atoms with Crippen LogP contribution in [0.2, 0.25) is 0 Å². The quantitative estimate of drug-likeness (QED) is 0.644. The smallest absolute Gasteiger partial charge is 0.290 e. The molecule has 1 aliphatic rings. The Bertz CT molecular complexity index is 498. The molecule has 1 aromatic rings. The zero-order chi connectivity index (χ0) is 15.4. The van der Waals surface area contributed by atoms with Crippen LogP contribution in [0.3, 0.4) is 0 Å². The summed E-state index contributed by atoms with van der Waals surface area (Å²) in [5, 5.41) is 14.4. The lowest BCUT2D eigenvalue weighted by atomic mass is 10.1. The van der Waals surface area contributed by atoms with Gasteiger partial charge in [0.15, 0.2) is 0 Å². The first-order valence-electron chi connectivity index (χ1n) is 7.56. The predicted molar refractivity (Wildman–Crippen MR) is 83.7 cm³/mol. The van der Waals surface area contributed by atoms with Gasteiger partial charge in [0.1, 0.15) is 12.0 Å². The number of rotatable bonds is 6. The van der Waals surface area contributed by atoms with E-state index in [1.807, 2.05) is 6.07 Å². The molecule has 1 unspecified atom stereocenters. The van der Waals surface area contributed by atoms with Crippen molar-refractivity contribution >= 4 is 11.5 Å². The van der Waals surface area contributed by atoms with Crippen LogP contribution in [0.25, 0.3) is 0 Å². The fourth-order valence-electron chi connectivity index (χ4n) is 2.78. The van der Waals surface area contributed by atoms with E-state index in [9.17, 15) is 10.1 Å². The van der Waals surface area contributed by atoms with Gasteiger partial charge >= 0.3 is 0 Å². The molecule has 1 fully saturated rings. The SMILES string of the molecule is Cc1cc(N(CC(C)C)CC2CCCN2)ncc1[N+](=O)[O-]. The molecule has 116 valence electrons. The van der Waals surface area contributed by atoms with Crippen molar-refractivity contribution in [2.45, 2.75) is 39.7 Å². The Balaban J connectivity index is 2.18. The van der Waals surface area contributed by atoms with E-state index in [-0.39, 0.29) is 10.6 Å². The van der Waals surface area contributed by atoms with Crippen LogP contribution in [0.4, 0.5) is 11.5 Å². The topological polar surface area (TPSA) is 71.3 Å². The van der Waals surface area contributed by atoms with Crippen LogP contribution in [-0.2, 0) is 0 Å². The van der Waals surface area contributed by atoms with E-state index in [4.69, 9.17) is 0 Å². The van der Waals surface area contributed by atoms with Crippen molar-refractivity contribution in [2.75, 3.05) is 24.5 Å². The number of hydrogen-bond donors (Lipinski definition) is 1. The van der Waals surface area contributed by atoms with Crippen molar-refractivity contribution in [1.29, 1.82) is 0 Å². The molecule has 2 rings (SSSR count). The summed E-state index contributed by atoms with van der Waals surface area (Å²) < 4.78 is 0. The van der Waals surface area contributed by atoms with Gasteiger partial charge in [-0.25, -0.2) is 4.98 Å². The first-order chi connectivity index (χ1) is 9.97. The zero-order valence-electron chi connectivity index (χ0n) is 13.0. The third kappa shape index (κ3) is 4.14. The molecular formula is C15H24N4O2. The summed E-state index contributed by atoms with van der Waals surface area (Å²) in [4.78, 5) is 17.1. The van der Waals surface area contributed by atoms with Crippen LogP contribution in [0.1, 0.15) is 32.3 Å². The Morgan fingerprint density at radius 2 is 2.33 bits per heavy atom. The third-order valence-electron chi connectivity index (χ3n) is 3.78. The number of hydrogen-bond acceptors (Lipinski definition) is 5. The number of nitrogens with zero attached hydrogens (tertiary/aromatic N) is 3. The van der Waals surface area contributed by atoms with E-state index in [0.29, 0.717) is 17.5 Å². The highest BCUT2D eigenvalue weighted by molar-refractivity contribution is 5.48. The number of pyridine rings is 1. The van der Waals surface area contributed by atoms with Gasteiger partial charge < -0.3 is 10.2 Å². The summed E-state index contributed by atoms with van der Waals surface area (Å²) in [6.07, 6.45) is 3.77. The van der Waals surface area contributed by atoms with Crippen molar-refractivity contribution in [2.24, 2.45) is 5.92 Å². The van der Waals surface area contributed by atoms with Crippen molar-refractivity contribution in [3.63, 3.8) is 0 Å². The fraction of sp³-hybridized carbons (Fsp3) is 0.667. The molecule has 6 nitrogen and oxygen atoms in total. The van der Waals surface area contributed by atoms with E-state index >= 15 is 0 Å². The van der Waals surface area contributed by atoms with Gasteiger partial charge in [0, 0.05) is 24.7 Å². The van der Waals surface area contributed by atoms with E-state index in [2.05, 4.69) is 29.0 Å². The predicted octanol–water partition coefficient (Wildman–Crippen LogP) is 2.51. The molecule has 0 bridgehead atoms. The first-order valence-corrected chi connectivity index (χ1v) is 7.56. The van der Waals surface area contributed by atoms with Gasteiger partial charge in [0.05, 0.1) is 4.92 Å². The second-order valence-corrected chi connectivity index (χ2v) is 6.18. The van der Waals surface area contributed by atoms with Crippen LogP contribution < -0.4 is 10.2 Å². The molecule has 1 aromatic heterocycles. The molecule has 0 radical (unpaired) electrons. The molecule has 1 N–H and O–H groups in total. The Morgan fingerprint density at radius 3 is 2.86 bits per heavy atom. The van der Waals surface area contributed by atoms with Crippen molar-refractivity contribution in [3.05, 3.63) is 27.9 Å². The summed E-state index contributed by atoms with van der Waals surface area (Å²) in [6.45, 7) is 9.00. The average Bonchev–Trinajstić information content (AvgIpc) is 2.89. The number of nitrogens with one attached hydrogen (secondary N) is 1. The lowest BCUT2D eigenvalue weighted by Gasteiger charge is -2.28. The maximum Gasteiger partial charge on any atom is 0.290 e. The Morgan fingerprint density at radius 1 is 1.57 bits per heavy atom. The summed E-state index contributed by atoms with van der Waals surface area (Å²) in [6, 6.07) is 2.32. The van der Waals surface area contributed by atoms with Crippen LogP contribution in [0.15, 0.2) is 12.3 Å². The maximum atomic E-state index is 10.9. The van der Waals surface area contributed by atoms with Gasteiger partial charge in [0.2, 0.25) is 0 Å². The van der Waals surface area contributed by atoms with Crippen molar-refractivity contribution in [3.8, 4) is 0 Å². The lowest BCUT2D eigenvalue weighted by molar-refractivity contribution is -0.385. The summed E-state index contributed by atoms with van der Waals surface area (Å²) >= 11 is 0. The van der Waals surface area contributed by atoms with E-state index < -0.39 is 0 Å². The largest absolute Gasteiger partial charge is 0.355 e. The Hall–Kier alpha value is -1.69. The monoisotopic (exact) mass is 292 g/mol. The van der Waals surface area contributed by atoms with Gasteiger partial charge in [-0.2, -0.15) is 0 Å². The second-order valence-electron chi connectivity index (χ2n) is 6.18. The van der Waals surface area contributed by atoms with Gasteiger partial charge in [-0.05, 0) is 38.3 Å². The molecular weight excluding hydrogens is 268 g/mol. The zero-order valence-corrected chi connectivity index (χ0v) is 13.0. The highest BCUT2D eigenvalue weighted by atomic mass is 16.6. The summed E-state index contributed by atoms with van der Waals surface area (Å²) in [5.41, 5.74) is 0.750. The summed E-state index contributed by atoms with van der Waals surface area (Å²) in [7, 11) is 0. The van der Waals surface area contributed by atoms with Gasteiger partial charge in [-0.15, -0.1) is 0 Å². The van der Waals surface area contributed by atoms with Crippen LogP contribution >= 0.6 is 0 Å². The Kier molecular flexibility index (Phi) is 5.12. The number of aromatic nitrogens is 1. The van der Waals surface area contributed by atoms with E-state index in [0.717, 1.165) is 25.5 Å². The molecule has 6 heteroatoms. The molecule has 1 saturated heterocycles. The van der Waals surface area contributed by atoms with Crippen LogP contribution in [-0.4, -0.2) is 35.6 Å². The standard InChI is InChI=1S/C15H24N4O2/c1-11(2)9-18(10-13-5-4-6-16-13)15-7-12(3)14(8-17-15)19(20)21/h7-8,11,13,16H,4-6,9-10H2,1-3H3. The summed E-state index contributed by atoms with van der Waals surface area (Å²) in [5.74, 6) is 1.35. The molecule has 1 atom stereocenters.